The smallest absolute Gasteiger partial charge is 0.251 e. The number of hydrogen-bond donors (Lipinski definition) is 0. The summed E-state index contributed by atoms with van der Waals surface area (Å²) in [4.78, 5) is 1.28. The van der Waals surface area contributed by atoms with E-state index >= 15 is 0 Å². The highest BCUT2D eigenvalue weighted by Gasteiger charge is 2.44. The molecule has 2 aromatic rings. The van der Waals surface area contributed by atoms with E-state index in [0.29, 0.717) is 5.92 Å². The fourth-order valence-corrected chi connectivity index (χ4v) is 6.08. The molecule has 0 bridgehead atoms. The first-order chi connectivity index (χ1) is 12.7. The summed E-state index contributed by atoms with van der Waals surface area (Å²) in [6, 6.07) is 16.9. The van der Waals surface area contributed by atoms with E-state index < -0.39 is 8.32 Å². The van der Waals surface area contributed by atoms with Gasteiger partial charge in [-0.25, -0.2) is 0 Å². The van der Waals surface area contributed by atoms with Crippen molar-refractivity contribution in [3.8, 4) is 11.5 Å². The lowest BCUT2D eigenvalue weighted by Crippen LogP contribution is -2.47. The standard InChI is InChI=1S/C23H34O2SSi/c1-18(2)23(3,4)27(6,7)25-21-10-8-19(9-11-21)16-17-26-22-14-12-20(24-5)13-15-22/h8-15,18H,16-17H2,1-7H3. The van der Waals surface area contributed by atoms with Gasteiger partial charge in [-0.1, -0.05) is 39.8 Å². The van der Waals surface area contributed by atoms with Crippen LogP contribution in [0.1, 0.15) is 33.3 Å². The van der Waals surface area contributed by atoms with Crippen LogP contribution in [0, 0.1) is 5.92 Å². The zero-order chi connectivity index (χ0) is 20.1. The normalized spacial score (nSPS) is 12.3. The fourth-order valence-electron chi connectivity index (χ4n) is 2.80. The maximum Gasteiger partial charge on any atom is 0.251 e. The Morgan fingerprint density at radius 3 is 2.00 bits per heavy atom. The van der Waals surface area contributed by atoms with E-state index in [1.807, 2.05) is 23.9 Å². The lowest BCUT2D eigenvalue weighted by molar-refractivity contribution is 0.393. The van der Waals surface area contributed by atoms with Gasteiger partial charge in [0, 0.05) is 10.6 Å². The number of aryl methyl sites for hydroxylation is 1. The van der Waals surface area contributed by atoms with Crippen LogP contribution < -0.4 is 9.16 Å². The van der Waals surface area contributed by atoms with Crippen molar-refractivity contribution in [1.82, 2.24) is 0 Å². The molecule has 0 saturated carbocycles. The van der Waals surface area contributed by atoms with Crippen molar-refractivity contribution >= 4 is 20.1 Å². The van der Waals surface area contributed by atoms with Crippen molar-refractivity contribution in [1.29, 1.82) is 0 Å². The number of ether oxygens (including phenoxy) is 1. The topological polar surface area (TPSA) is 18.5 Å². The van der Waals surface area contributed by atoms with Gasteiger partial charge >= 0.3 is 0 Å². The maximum absolute atomic E-state index is 6.50. The molecule has 2 nitrogen and oxygen atoms in total. The van der Waals surface area contributed by atoms with E-state index in [-0.39, 0.29) is 5.04 Å². The van der Waals surface area contributed by atoms with Gasteiger partial charge in [-0.2, -0.15) is 0 Å². The van der Waals surface area contributed by atoms with Gasteiger partial charge in [-0.15, -0.1) is 11.8 Å². The first-order valence-corrected chi connectivity index (χ1v) is 13.6. The Kier molecular flexibility index (Phi) is 7.46. The second kappa shape index (κ2) is 9.20. The third kappa shape index (κ3) is 5.79. The van der Waals surface area contributed by atoms with Crippen LogP contribution >= 0.6 is 11.8 Å². The molecule has 4 heteroatoms. The van der Waals surface area contributed by atoms with Crippen LogP contribution in [0.4, 0.5) is 0 Å². The van der Waals surface area contributed by atoms with Gasteiger partial charge in [0.1, 0.15) is 11.5 Å². The van der Waals surface area contributed by atoms with Gasteiger partial charge in [0.15, 0.2) is 0 Å². The molecule has 148 valence electrons. The van der Waals surface area contributed by atoms with Gasteiger partial charge in [0.2, 0.25) is 0 Å². The van der Waals surface area contributed by atoms with Crippen molar-refractivity contribution in [2.75, 3.05) is 12.9 Å². The van der Waals surface area contributed by atoms with Crippen LogP contribution in [0.15, 0.2) is 53.4 Å². The number of methoxy groups -OCH3 is 1. The first-order valence-electron chi connectivity index (χ1n) is 9.70. The summed E-state index contributed by atoms with van der Waals surface area (Å²) < 4.78 is 11.7. The van der Waals surface area contributed by atoms with Gasteiger partial charge < -0.3 is 9.16 Å². The van der Waals surface area contributed by atoms with Crippen molar-refractivity contribution in [2.45, 2.75) is 57.1 Å². The molecule has 0 aliphatic carbocycles. The van der Waals surface area contributed by atoms with Gasteiger partial charge in [-0.3, -0.25) is 0 Å². The van der Waals surface area contributed by atoms with E-state index in [9.17, 15) is 0 Å². The molecule has 0 saturated heterocycles. The van der Waals surface area contributed by atoms with Gasteiger partial charge in [-0.05, 0) is 72.4 Å². The number of thioether (sulfide) groups is 1. The Morgan fingerprint density at radius 2 is 1.48 bits per heavy atom. The van der Waals surface area contributed by atoms with Crippen LogP contribution in [-0.4, -0.2) is 21.2 Å². The Labute approximate surface area is 170 Å². The third-order valence-corrected chi connectivity index (χ3v) is 11.5. The van der Waals surface area contributed by atoms with Crippen molar-refractivity contribution in [2.24, 2.45) is 5.92 Å². The van der Waals surface area contributed by atoms with E-state index in [2.05, 4.69) is 77.2 Å². The van der Waals surface area contributed by atoms with Gasteiger partial charge in [0.05, 0.1) is 7.11 Å². The van der Waals surface area contributed by atoms with E-state index in [4.69, 9.17) is 9.16 Å². The molecule has 0 unspecified atom stereocenters. The molecule has 0 N–H and O–H groups in total. The summed E-state index contributed by atoms with van der Waals surface area (Å²) in [5.41, 5.74) is 1.35. The Bertz CT molecular complexity index is 706. The Morgan fingerprint density at radius 1 is 0.926 bits per heavy atom. The minimum Gasteiger partial charge on any atom is -0.543 e. The Balaban J connectivity index is 1.89. The van der Waals surface area contributed by atoms with Crippen LogP contribution in [0.3, 0.4) is 0 Å². The fraction of sp³-hybridized carbons (Fsp3) is 0.478. The highest BCUT2D eigenvalue weighted by molar-refractivity contribution is 7.99. The molecule has 0 aliphatic rings. The SMILES string of the molecule is COc1ccc(SCCc2ccc(O[Si](C)(C)C(C)(C)C(C)C)cc2)cc1. The monoisotopic (exact) mass is 402 g/mol. The second-order valence-electron chi connectivity index (χ2n) is 8.41. The number of benzene rings is 2. The predicted molar refractivity (Wildman–Crippen MR) is 121 cm³/mol. The summed E-state index contributed by atoms with van der Waals surface area (Å²) in [5.74, 6) is 3.58. The van der Waals surface area contributed by atoms with Crippen LogP contribution in [-0.2, 0) is 6.42 Å². The minimum absolute atomic E-state index is 0.223. The molecule has 0 fully saturated rings. The zero-order valence-corrected chi connectivity index (χ0v) is 19.7. The van der Waals surface area contributed by atoms with Crippen molar-refractivity contribution in [3.05, 3.63) is 54.1 Å². The average Bonchev–Trinajstić information content (AvgIpc) is 2.63. The summed E-state index contributed by atoms with van der Waals surface area (Å²) >= 11 is 1.88. The summed E-state index contributed by atoms with van der Waals surface area (Å²) in [7, 11) is -0.147. The molecule has 0 atom stereocenters. The van der Waals surface area contributed by atoms with Crippen molar-refractivity contribution in [3.63, 3.8) is 0 Å². The molecule has 0 spiro atoms. The van der Waals surface area contributed by atoms with Crippen LogP contribution in [0.2, 0.25) is 18.1 Å². The molecule has 0 amide bonds. The summed E-state index contributed by atoms with van der Waals surface area (Å²) in [6.07, 6.45) is 1.05. The molecule has 0 aromatic heterocycles. The summed E-state index contributed by atoms with van der Waals surface area (Å²) in [6.45, 7) is 13.9. The highest BCUT2D eigenvalue weighted by atomic mass is 32.2. The molecular weight excluding hydrogens is 368 g/mol. The summed E-state index contributed by atoms with van der Waals surface area (Å²) in [5, 5.41) is 0.223. The molecule has 2 rings (SSSR count). The third-order valence-electron chi connectivity index (χ3n) is 6.01. The van der Waals surface area contributed by atoms with Gasteiger partial charge in [0.25, 0.3) is 8.32 Å². The largest absolute Gasteiger partial charge is 0.543 e. The van der Waals surface area contributed by atoms with E-state index in [0.717, 1.165) is 23.7 Å². The number of rotatable bonds is 9. The molecule has 0 radical (unpaired) electrons. The molecule has 0 aliphatic heterocycles. The maximum atomic E-state index is 6.50. The lowest BCUT2D eigenvalue weighted by atomic mass is 9.99. The predicted octanol–water partition coefficient (Wildman–Crippen LogP) is 7.05. The van der Waals surface area contributed by atoms with E-state index in [1.54, 1.807) is 7.11 Å². The minimum atomic E-state index is -1.84. The molecule has 27 heavy (non-hydrogen) atoms. The quantitative estimate of drug-likeness (QED) is 0.331. The highest BCUT2D eigenvalue weighted by Crippen LogP contribution is 2.44. The lowest BCUT2D eigenvalue weighted by Gasteiger charge is -2.42. The molecule has 0 heterocycles. The molecular formula is C23H34O2SSi. The van der Waals surface area contributed by atoms with Crippen LogP contribution in [0.25, 0.3) is 0 Å². The second-order valence-corrected chi connectivity index (χ2v) is 14.1. The molecule has 2 aromatic carbocycles. The van der Waals surface area contributed by atoms with E-state index in [1.165, 1.54) is 10.5 Å². The first kappa shape index (κ1) is 21.9. The van der Waals surface area contributed by atoms with Crippen molar-refractivity contribution < 1.29 is 9.16 Å². The number of hydrogen-bond acceptors (Lipinski definition) is 3. The average molecular weight is 403 g/mol. The van der Waals surface area contributed by atoms with Crippen LogP contribution in [0.5, 0.6) is 11.5 Å². The zero-order valence-electron chi connectivity index (χ0n) is 17.8. The Hall–Kier alpha value is -1.39.